The molecule has 3 aromatic carbocycles. The van der Waals surface area contributed by atoms with E-state index in [9.17, 15) is 0 Å². The summed E-state index contributed by atoms with van der Waals surface area (Å²) in [4.78, 5) is 9.28. The smallest absolute Gasteiger partial charge is 0.256 e. The van der Waals surface area contributed by atoms with Gasteiger partial charge in [-0.15, -0.1) is 0 Å². The molecule has 528 valence electrons. The average Bonchev–Trinajstić information content (AvgIpc) is 1.58. The Balaban J connectivity index is 0.000000174. The van der Waals surface area contributed by atoms with E-state index in [1.54, 1.807) is 0 Å². The van der Waals surface area contributed by atoms with Crippen molar-refractivity contribution < 1.29 is 13.7 Å². The second-order valence-corrected chi connectivity index (χ2v) is 37.7. The summed E-state index contributed by atoms with van der Waals surface area (Å²) in [7, 11) is 160. The van der Waals surface area contributed by atoms with Crippen LogP contribution in [0.3, 0.4) is 0 Å². The molecule has 13 rings (SSSR count). The molecule has 12 atom stereocenters. The van der Waals surface area contributed by atoms with E-state index in [1.165, 1.54) is 67.1 Å². The van der Waals surface area contributed by atoms with Crippen LogP contribution >= 0.6 is 0 Å². The van der Waals surface area contributed by atoms with Gasteiger partial charge in [0.1, 0.15) is 37.9 Å². The number of aromatic nitrogens is 3. The minimum atomic E-state index is -0.637. The van der Waals surface area contributed by atoms with Crippen molar-refractivity contribution in [3.63, 3.8) is 0 Å². The molecule has 7 aliphatic rings. The van der Waals surface area contributed by atoms with Crippen molar-refractivity contribution in [3.05, 3.63) is 157 Å². The molecule has 7 aliphatic heterocycles. The molecule has 5 saturated heterocycles. The summed E-state index contributed by atoms with van der Waals surface area (Å²) in [5, 5.41) is 0. The van der Waals surface area contributed by atoms with Crippen molar-refractivity contribution in [2.75, 3.05) is 23.8 Å². The third-order valence-corrected chi connectivity index (χ3v) is 28.9. The highest BCUT2D eigenvalue weighted by atomic mass is 15.4. The lowest BCUT2D eigenvalue weighted by Crippen LogP contribution is -2.61. The fraction of sp³-hybridized carbons (Fsp3) is 0.462. The number of anilines is 2. The van der Waals surface area contributed by atoms with E-state index in [4.69, 9.17) is 193 Å². The first kappa shape index (κ1) is 103. The van der Waals surface area contributed by atoms with E-state index >= 15 is 0 Å². The maximum Gasteiger partial charge on any atom is 0.256 e. The molecular weight excluding hydrogens is 1420 g/mol. The van der Waals surface area contributed by atoms with Gasteiger partial charge in [-0.05, 0) is 98.2 Å². The molecule has 122 heavy (non-hydrogen) atoms. The van der Waals surface area contributed by atoms with E-state index in [2.05, 4.69) is 267 Å². The Morgan fingerprint density at radius 2 is 0.730 bits per heavy atom. The summed E-state index contributed by atoms with van der Waals surface area (Å²) in [6.07, 6.45) is 4.62. The molecule has 50 radical (unpaired) electrons. The predicted octanol–water partition coefficient (Wildman–Crippen LogP) is -6.62. The van der Waals surface area contributed by atoms with Crippen LogP contribution in [-0.2, 0) is 27.6 Å². The quantitative estimate of drug-likeness (QED) is 0.0346. The number of fused-ring (bicyclic) bond motifs is 1. The van der Waals surface area contributed by atoms with E-state index in [1.807, 2.05) is 18.2 Å². The first-order valence-electron chi connectivity index (χ1n) is 43.9. The second kappa shape index (κ2) is 44.0. The van der Waals surface area contributed by atoms with Gasteiger partial charge in [0, 0.05) is 377 Å². The summed E-state index contributed by atoms with van der Waals surface area (Å²) in [6.45, 7) is 25.6. The van der Waals surface area contributed by atoms with Crippen LogP contribution in [0.15, 0.2) is 140 Å². The van der Waals surface area contributed by atoms with Gasteiger partial charge in [0.2, 0.25) is 0 Å². The van der Waals surface area contributed by atoms with Crippen LogP contribution in [-0.4, -0.2) is 392 Å². The molecule has 5 fully saturated rings. The monoisotopic (exact) mass is 1520 g/mol. The van der Waals surface area contributed by atoms with Gasteiger partial charge in [-0.3, -0.25) is 0 Å². The van der Waals surface area contributed by atoms with Crippen molar-refractivity contribution in [1.29, 1.82) is 0 Å². The number of rotatable bonds is 29. The first-order valence-corrected chi connectivity index (χ1v) is 43.9. The lowest BCUT2D eigenvalue weighted by Gasteiger charge is -2.31. The second-order valence-electron chi connectivity index (χ2n) is 37.7. The lowest BCUT2D eigenvalue weighted by atomic mass is 8.62. The molecule has 57 heteroatoms. The van der Waals surface area contributed by atoms with Crippen LogP contribution in [0, 0.1) is 19.8 Å². The standard InChI is InChI=1S/C19H24B10N.C15H16B10N.C12H16B10N2.C11H16B10N.C8H14B10N2/c1-13(2)11-15-5-7-16(8-6-15)17-9-10-30(4)18(12-17)25-14(3)19(25)26(27(20)21)29(24)28(22)23;1-11-15(22(23(16)17)25(20)24(18)19)21(11)14-9-8-13(10-26(14)2)12-6-4-3-5-7-12;1-8-12(19(20(13)14)22(17)21(15)16)18(8)24-9(2)23(3)10-6-4-5-7-11(10)24;1-7-5-10(22(4)6-8(7)2)17-9(3)11(17)18(19(12)13)21(16)20(14)15;1-6-8(15(16(9)10)18(13)17(11)12)14(6)20-5-4-19(3)7(20)2/h5-10,12-14,19H,11H2,1-4H3;3-11,15H,1-2H3;4-9,12H,1-3H3;5-6,9,11H,1-4H3;4-8H,1-3H3/q2*+1;;+1;/t;;8?,9-,12?;;6?,7-,8?/m..0.0/s1. The summed E-state index contributed by atoms with van der Waals surface area (Å²) in [5.41, 5.74) is 16.6. The van der Waals surface area contributed by atoms with Crippen LogP contribution in [0.2, 0.25) is 57.7 Å². The number of benzene rings is 3. The highest BCUT2D eigenvalue weighted by Gasteiger charge is 2.66. The van der Waals surface area contributed by atoms with Gasteiger partial charge < -0.3 is 19.4 Å². The van der Waals surface area contributed by atoms with Gasteiger partial charge in [0.25, 0.3) is 33.8 Å². The zero-order valence-corrected chi connectivity index (χ0v) is 75.5. The van der Waals surface area contributed by atoms with Gasteiger partial charge in [-0.25, -0.2) is 13.7 Å². The Morgan fingerprint density at radius 3 is 1.14 bits per heavy atom. The Morgan fingerprint density at radius 1 is 0.352 bits per heavy atom. The number of aryl methyl sites for hydroxylation is 5. The van der Waals surface area contributed by atoms with Crippen LogP contribution in [0.25, 0.3) is 22.3 Å². The van der Waals surface area contributed by atoms with Crippen LogP contribution < -0.4 is 40.2 Å². The predicted molar refractivity (Wildman–Crippen MR) is 589 cm³/mol. The molecule has 0 saturated carbocycles. The van der Waals surface area contributed by atoms with Crippen molar-refractivity contribution >= 4 is 384 Å². The molecule has 3 aromatic heterocycles. The topological polar surface area (TPSA) is 24.6 Å². The summed E-state index contributed by atoms with van der Waals surface area (Å²) in [6, 6.07) is 38.8. The highest BCUT2D eigenvalue weighted by Crippen LogP contribution is 2.58. The number of pyridine rings is 3. The average molecular weight is 1510 g/mol. The summed E-state index contributed by atoms with van der Waals surface area (Å²) in [5.74, 6) is 2.91. The minimum Gasteiger partial charge on any atom is -0.401 e. The third-order valence-electron chi connectivity index (χ3n) is 28.9. The fourth-order valence-electron chi connectivity index (χ4n) is 21.2. The molecule has 0 spiro atoms. The zero-order chi connectivity index (χ0) is 90.9. The van der Waals surface area contributed by atoms with E-state index in [-0.39, 0.29) is 62.2 Å². The third kappa shape index (κ3) is 23.6. The molecule has 0 bridgehead atoms. The molecule has 7 nitrogen and oxygen atoms in total. The van der Waals surface area contributed by atoms with Crippen LogP contribution in [0.1, 0.15) is 79.0 Å². The van der Waals surface area contributed by atoms with Crippen molar-refractivity contribution in [1.82, 2.24) is 9.71 Å². The van der Waals surface area contributed by atoms with Gasteiger partial charge in [0.05, 0.1) is 18.0 Å². The first-order chi connectivity index (χ1) is 57.1. The number of hydrogen-bond acceptors (Lipinski definition) is 4. The van der Waals surface area contributed by atoms with E-state index in [0.29, 0.717) is 86.4 Å². The molecule has 0 aliphatic carbocycles. The Labute approximate surface area is 783 Å². The fourth-order valence-corrected chi connectivity index (χ4v) is 21.2. The van der Waals surface area contributed by atoms with E-state index < -0.39 is 89.4 Å². The Bertz CT molecular complexity index is 4380. The zero-order valence-electron chi connectivity index (χ0n) is 75.5. The van der Waals surface area contributed by atoms with Gasteiger partial charge in [0.15, 0.2) is 18.6 Å². The SMILES string of the molecule is [B]B([B])B([B])B(B([B])[B])C1B(N2C=CN(C)[C@@H]2C)C1C.[B]B([B])B([B])B(B([B])[B])C1B(N2c3ccccc3N(C)[C@@H]2C)C1C.[B]B([B])B([B])B(B([B])[B])C1B(c2cc(-c3ccc(CC(C)C)cc3)cc[n+]2C)C1C.[B]B([B])B([B])B(B([B])[B])C1B(c2cc(C)c(C)c[n+]2C)C1C.[B]B([B])B([B])B(B([B])[B])C1B(c2ccc(-c3ccccc3)c[n+]2C)C1C. The summed E-state index contributed by atoms with van der Waals surface area (Å²) >= 11 is 0. The molecule has 6 aromatic rings. The lowest BCUT2D eigenvalue weighted by molar-refractivity contribution is -0.654. The number of para-hydroxylation sites is 2. The number of hydrogen-bond donors (Lipinski definition) is 0. The van der Waals surface area contributed by atoms with Crippen molar-refractivity contribution in [3.8, 4) is 22.3 Å². The van der Waals surface area contributed by atoms with Gasteiger partial charge in [-0.2, -0.15) is 0 Å². The van der Waals surface area contributed by atoms with Crippen molar-refractivity contribution in [2.24, 2.45) is 27.1 Å². The molecule has 0 amide bonds. The Kier molecular flexibility index (Phi) is 37.2. The maximum atomic E-state index is 6.30. The van der Waals surface area contributed by atoms with Crippen molar-refractivity contribution in [2.45, 2.75) is 153 Å². The molecule has 10 unspecified atom stereocenters. The molecule has 10 heterocycles. The number of nitrogens with zero attached hydrogens (tertiary/aromatic N) is 7. The molecular formula is C65H86B50N7+3. The normalized spacial score (nSPS) is 21.2. The van der Waals surface area contributed by atoms with E-state index in [0.717, 1.165) is 6.42 Å². The highest BCUT2D eigenvalue weighted by molar-refractivity contribution is 7.96. The summed E-state index contributed by atoms with van der Waals surface area (Å²) < 4.78 is 6.57. The van der Waals surface area contributed by atoms with Gasteiger partial charge >= 0.3 is 0 Å². The largest absolute Gasteiger partial charge is 0.401 e. The maximum absolute atomic E-state index is 6.30. The van der Waals surface area contributed by atoms with Crippen LogP contribution in [0.4, 0.5) is 11.4 Å². The van der Waals surface area contributed by atoms with Gasteiger partial charge in [-0.1, -0.05) is 173 Å². The minimum absolute atomic E-state index is 0.0680. The van der Waals surface area contributed by atoms with Crippen LogP contribution in [0.5, 0.6) is 0 Å². The Hall–Kier alpha value is -2.70. The molecule has 0 N–H and O–H groups in total.